The Morgan fingerprint density at radius 1 is 0.971 bits per heavy atom. The van der Waals surface area contributed by atoms with Gasteiger partial charge in [0.1, 0.15) is 0 Å². The Bertz CT molecular complexity index is 1200. The molecule has 0 spiro atoms. The van der Waals surface area contributed by atoms with Gasteiger partial charge in [-0.2, -0.15) is 5.10 Å². The van der Waals surface area contributed by atoms with Gasteiger partial charge in [-0.15, -0.1) is 10.2 Å². The van der Waals surface area contributed by atoms with E-state index in [9.17, 15) is 9.59 Å². The van der Waals surface area contributed by atoms with E-state index in [1.807, 2.05) is 49.1 Å². The molecule has 2 fully saturated rings. The molecule has 2 amide bonds. The van der Waals surface area contributed by atoms with Gasteiger partial charge in [0.05, 0.1) is 11.6 Å². The first-order chi connectivity index (χ1) is 16.4. The normalized spacial score (nSPS) is 18.6. The first-order valence-corrected chi connectivity index (χ1v) is 11.7. The second kappa shape index (κ2) is 9.06. The van der Waals surface area contributed by atoms with Gasteiger partial charge in [0.25, 0.3) is 0 Å². The molecule has 1 aromatic carbocycles. The van der Waals surface area contributed by atoms with Gasteiger partial charge in [0.2, 0.25) is 11.8 Å². The number of hydrogen-bond donors (Lipinski definition) is 0. The van der Waals surface area contributed by atoms with Crippen LogP contribution in [0.15, 0.2) is 42.5 Å². The fourth-order valence-electron chi connectivity index (χ4n) is 4.62. The van der Waals surface area contributed by atoms with E-state index in [0.29, 0.717) is 43.6 Å². The molecule has 3 aromatic rings. The van der Waals surface area contributed by atoms with E-state index in [1.54, 1.807) is 21.7 Å². The highest BCUT2D eigenvalue weighted by Crippen LogP contribution is 2.28. The molecule has 1 atom stereocenters. The highest BCUT2D eigenvalue weighted by molar-refractivity contribution is 6.30. The molecular weight excluding hydrogens is 454 g/mol. The topological polar surface area (TPSA) is 87.5 Å². The van der Waals surface area contributed by atoms with Gasteiger partial charge < -0.3 is 14.7 Å². The lowest BCUT2D eigenvalue weighted by molar-refractivity contribution is -0.136. The van der Waals surface area contributed by atoms with Gasteiger partial charge in [0, 0.05) is 55.5 Å². The zero-order valence-electron chi connectivity index (χ0n) is 19.2. The molecular formula is C24H26ClN7O2. The summed E-state index contributed by atoms with van der Waals surface area (Å²) in [5.41, 5.74) is 2.72. The van der Waals surface area contributed by atoms with Crippen LogP contribution in [0.4, 0.5) is 11.5 Å². The zero-order chi connectivity index (χ0) is 23.8. The molecule has 34 heavy (non-hydrogen) atoms. The van der Waals surface area contributed by atoms with E-state index in [0.717, 1.165) is 22.9 Å². The molecule has 2 aliphatic heterocycles. The van der Waals surface area contributed by atoms with Crippen LogP contribution >= 0.6 is 11.6 Å². The Hall–Kier alpha value is -3.46. The molecule has 0 aliphatic carbocycles. The lowest BCUT2D eigenvalue weighted by atomic mass is 10.1. The van der Waals surface area contributed by atoms with Crippen LogP contribution in [-0.2, 0) is 9.59 Å². The van der Waals surface area contributed by atoms with Crippen molar-refractivity contribution in [3.8, 4) is 5.82 Å². The minimum absolute atomic E-state index is 0.0303. The molecule has 9 nitrogen and oxygen atoms in total. The number of piperazine rings is 1. The number of amides is 2. The molecule has 2 saturated heterocycles. The highest BCUT2D eigenvalue weighted by atomic mass is 35.5. The van der Waals surface area contributed by atoms with Crippen molar-refractivity contribution in [1.29, 1.82) is 0 Å². The number of benzene rings is 1. The number of carbonyl (C=O) groups excluding carboxylic acids is 2. The monoisotopic (exact) mass is 479 g/mol. The average molecular weight is 480 g/mol. The van der Waals surface area contributed by atoms with Crippen LogP contribution in [0.3, 0.4) is 0 Å². The molecule has 0 bridgehead atoms. The van der Waals surface area contributed by atoms with Gasteiger partial charge >= 0.3 is 0 Å². The number of hydrogen-bond acceptors (Lipinski definition) is 6. The summed E-state index contributed by atoms with van der Waals surface area (Å²) < 4.78 is 1.78. The van der Waals surface area contributed by atoms with E-state index in [4.69, 9.17) is 11.6 Å². The van der Waals surface area contributed by atoms with Crippen LogP contribution < -0.4 is 9.80 Å². The fraction of sp³-hybridized carbons (Fsp3) is 0.375. The van der Waals surface area contributed by atoms with E-state index < -0.39 is 0 Å². The van der Waals surface area contributed by atoms with Crippen molar-refractivity contribution in [3.63, 3.8) is 0 Å². The van der Waals surface area contributed by atoms with Crippen molar-refractivity contribution >= 4 is 34.9 Å². The Morgan fingerprint density at radius 2 is 1.65 bits per heavy atom. The van der Waals surface area contributed by atoms with Gasteiger partial charge in [-0.3, -0.25) is 9.59 Å². The van der Waals surface area contributed by atoms with Crippen LogP contribution in [0.2, 0.25) is 5.02 Å². The van der Waals surface area contributed by atoms with E-state index >= 15 is 0 Å². The second-order valence-electron chi connectivity index (χ2n) is 8.78. The summed E-state index contributed by atoms with van der Waals surface area (Å²) in [6, 6.07) is 13.0. The first-order valence-electron chi connectivity index (χ1n) is 11.4. The van der Waals surface area contributed by atoms with Crippen molar-refractivity contribution in [2.45, 2.75) is 20.3 Å². The minimum atomic E-state index is -0.324. The summed E-state index contributed by atoms with van der Waals surface area (Å²) in [6.07, 6.45) is 0.237. The molecule has 2 aliphatic rings. The lowest BCUT2D eigenvalue weighted by Gasteiger charge is -2.36. The number of carbonyl (C=O) groups is 2. The predicted octanol–water partition coefficient (Wildman–Crippen LogP) is 2.63. The second-order valence-corrected chi connectivity index (χ2v) is 9.22. The van der Waals surface area contributed by atoms with Crippen molar-refractivity contribution in [2.75, 3.05) is 42.5 Å². The number of nitrogens with zero attached hydrogens (tertiary/aromatic N) is 7. The number of aromatic nitrogens is 4. The van der Waals surface area contributed by atoms with Crippen LogP contribution in [0.5, 0.6) is 0 Å². The van der Waals surface area contributed by atoms with Crippen molar-refractivity contribution < 1.29 is 9.59 Å². The molecule has 0 saturated carbocycles. The molecule has 1 unspecified atom stereocenters. The summed E-state index contributed by atoms with van der Waals surface area (Å²) >= 11 is 5.95. The minimum Gasteiger partial charge on any atom is -0.352 e. The van der Waals surface area contributed by atoms with E-state index in [1.165, 1.54) is 0 Å². The third-order valence-corrected chi connectivity index (χ3v) is 6.64. The molecule has 2 aromatic heterocycles. The summed E-state index contributed by atoms with van der Waals surface area (Å²) in [4.78, 5) is 31.3. The van der Waals surface area contributed by atoms with Crippen molar-refractivity contribution in [3.05, 3.63) is 58.9 Å². The molecule has 176 valence electrons. The van der Waals surface area contributed by atoms with Gasteiger partial charge in [-0.1, -0.05) is 11.6 Å². The number of anilines is 2. The van der Waals surface area contributed by atoms with Crippen molar-refractivity contribution in [2.24, 2.45) is 5.92 Å². The summed E-state index contributed by atoms with van der Waals surface area (Å²) in [6.45, 7) is 6.85. The number of aryl methyl sites for hydroxylation is 2. The summed E-state index contributed by atoms with van der Waals surface area (Å²) in [7, 11) is 0. The summed E-state index contributed by atoms with van der Waals surface area (Å²) in [5.74, 6) is 1.14. The predicted molar refractivity (Wildman–Crippen MR) is 129 cm³/mol. The number of rotatable bonds is 4. The standard InChI is InChI=1S/C24H26ClN7O2/c1-16-13-17(2)32(28-16)22-8-7-21(26-27-22)29-9-11-30(12-10-29)24(34)18-14-23(33)31(15-18)20-5-3-19(25)4-6-20/h3-8,13,18H,9-12,14-15H2,1-2H3. The Labute approximate surface area is 202 Å². The first kappa shape index (κ1) is 22.3. The molecule has 0 radical (unpaired) electrons. The SMILES string of the molecule is Cc1cc(C)n(-c2ccc(N3CCN(C(=O)C4CC(=O)N(c5ccc(Cl)cc5)C4)CC3)nn2)n1. The third kappa shape index (κ3) is 4.35. The van der Waals surface area contributed by atoms with Gasteiger partial charge in [-0.05, 0) is 56.3 Å². The fourth-order valence-corrected chi connectivity index (χ4v) is 4.74. The molecule has 0 N–H and O–H groups in total. The maximum atomic E-state index is 13.1. The van der Waals surface area contributed by atoms with Crippen LogP contribution in [-0.4, -0.2) is 69.4 Å². The third-order valence-electron chi connectivity index (χ3n) is 6.39. The van der Waals surface area contributed by atoms with Crippen LogP contribution in [0, 0.1) is 19.8 Å². The van der Waals surface area contributed by atoms with E-state index in [2.05, 4.69) is 20.2 Å². The Kier molecular flexibility index (Phi) is 5.95. The van der Waals surface area contributed by atoms with Crippen molar-refractivity contribution in [1.82, 2.24) is 24.9 Å². The van der Waals surface area contributed by atoms with Gasteiger partial charge in [0.15, 0.2) is 11.6 Å². The quantitative estimate of drug-likeness (QED) is 0.571. The highest BCUT2D eigenvalue weighted by Gasteiger charge is 2.38. The Balaban J connectivity index is 1.18. The summed E-state index contributed by atoms with van der Waals surface area (Å²) in [5, 5.41) is 13.8. The Morgan fingerprint density at radius 3 is 2.26 bits per heavy atom. The molecule has 10 heteroatoms. The average Bonchev–Trinajstić information content (AvgIpc) is 3.40. The van der Waals surface area contributed by atoms with E-state index in [-0.39, 0.29) is 24.2 Å². The smallest absolute Gasteiger partial charge is 0.228 e. The van der Waals surface area contributed by atoms with Crippen LogP contribution in [0.1, 0.15) is 17.8 Å². The molecule has 5 rings (SSSR count). The lowest BCUT2D eigenvalue weighted by Crippen LogP contribution is -2.51. The molecule has 4 heterocycles. The largest absolute Gasteiger partial charge is 0.352 e. The zero-order valence-corrected chi connectivity index (χ0v) is 19.9. The van der Waals surface area contributed by atoms with Gasteiger partial charge in [-0.25, -0.2) is 4.68 Å². The maximum Gasteiger partial charge on any atom is 0.228 e. The maximum absolute atomic E-state index is 13.1. The number of halogens is 1. The van der Waals surface area contributed by atoms with Crippen LogP contribution in [0.25, 0.3) is 5.82 Å².